The molecule has 0 aliphatic rings. The van der Waals surface area contributed by atoms with Crippen LogP contribution in [0.15, 0.2) is 11.1 Å². The van der Waals surface area contributed by atoms with Gasteiger partial charge in [-0.05, 0) is 19.4 Å². The predicted octanol–water partition coefficient (Wildman–Crippen LogP) is 4.71. The largest absolute Gasteiger partial charge is 0.369 e. The van der Waals surface area contributed by atoms with Crippen LogP contribution in [0.1, 0.15) is 27.2 Å². The lowest BCUT2D eigenvalue weighted by Crippen LogP contribution is -2.02. The summed E-state index contributed by atoms with van der Waals surface area (Å²) in [6.45, 7) is 7.10. The maximum atomic E-state index is 6.11. The SMILES string of the molecule is CCNc1nc(SC(C)CC)c(Cl)cc1Cl. The van der Waals surface area contributed by atoms with E-state index in [-0.39, 0.29) is 0 Å². The molecule has 0 amide bonds. The van der Waals surface area contributed by atoms with Crippen LogP contribution in [0.3, 0.4) is 0 Å². The fourth-order valence-electron chi connectivity index (χ4n) is 1.10. The van der Waals surface area contributed by atoms with Gasteiger partial charge in [-0.3, -0.25) is 0 Å². The van der Waals surface area contributed by atoms with Crippen LogP contribution in [0, 0.1) is 0 Å². The van der Waals surface area contributed by atoms with Crippen LogP contribution in [0.4, 0.5) is 5.82 Å². The lowest BCUT2D eigenvalue weighted by molar-refractivity contribution is 0.901. The van der Waals surface area contributed by atoms with Gasteiger partial charge in [0.1, 0.15) is 10.8 Å². The van der Waals surface area contributed by atoms with Gasteiger partial charge >= 0.3 is 0 Å². The molecule has 0 aliphatic carbocycles. The highest BCUT2D eigenvalue weighted by Crippen LogP contribution is 2.34. The zero-order chi connectivity index (χ0) is 12.1. The molecule has 1 N–H and O–H groups in total. The van der Waals surface area contributed by atoms with E-state index in [2.05, 4.69) is 24.1 Å². The van der Waals surface area contributed by atoms with Gasteiger partial charge in [0.25, 0.3) is 0 Å². The molecular weight excluding hydrogens is 263 g/mol. The number of rotatable bonds is 5. The third-order valence-electron chi connectivity index (χ3n) is 2.13. The maximum absolute atomic E-state index is 6.11. The zero-order valence-electron chi connectivity index (χ0n) is 9.68. The second-order valence-corrected chi connectivity index (χ2v) is 5.71. The standard InChI is InChI=1S/C11H16Cl2N2S/c1-4-7(3)16-11-9(13)6-8(12)10(15-11)14-5-2/h6-7H,4-5H2,1-3H3,(H,14,15). The first-order valence-corrected chi connectivity index (χ1v) is 6.98. The molecule has 0 aromatic carbocycles. The monoisotopic (exact) mass is 278 g/mol. The Labute approximate surface area is 111 Å². The van der Waals surface area contributed by atoms with Crippen LogP contribution in [0.25, 0.3) is 0 Å². The van der Waals surface area contributed by atoms with Crippen molar-refractivity contribution in [2.45, 2.75) is 37.5 Å². The first kappa shape index (κ1) is 13.9. The Morgan fingerprint density at radius 1 is 1.38 bits per heavy atom. The molecule has 1 aromatic rings. The molecule has 0 saturated heterocycles. The Morgan fingerprint density at radius 3 is 2.62 bits per heavy atom. The van der Waals surface area contributed by atoms with E-state index in [1.54, 1.807) is 17.8 Å². The van der Waals surface area contributed by atoms with E-state index in [0.29, 0.717) is 21.1 Å². The van der Waals surface area contributed by atoms with E-state index in [9.17, 15) is 0 Å². The number of nitrogens with one attached hydrogen (secondary N) is 1. The average molecular weight is 279 g/mol. The summed E-state index contributed by atoms with van der Waals surface area (Å²) in [5.74, 6) is 0.708. The first-order valence-electron chi connectivity index (χ1n) is 5.35. The van der Waals surface area contributed by atoms with Gasteiger partial charge in [0.15, 0.2) is 0 Å². The van der Waals surface area contributed by atoms with Gasteiger partial charge in [-0.15, -0.1) is 11.8 Å². The number of nitrogens with zero attached hydrogens (tertiary/aromatic N) is 1. The highest BCUT2D eigenvalue weighted by Gasteiger charge is 2.11. The second kappa shape index (κ2) is 6.58. The second-order valence-electron chi connectivity index (χ2n) is 3.47. The molecule has 0 bridgehead atoms. The molecule has 5 heteroatoms. The Kier molecular flexibility index (Phi) is 5.73. The van der Waals surface area contributed by atoms with Crippen molar-refractivity contribution in [3.8, 4) is 0 Å². The number of halogens is 2. The Morgan fingerprint density at radius 2 is 2.06 bits per heavy atom. The number of pyridine rings is 1. The first-order chi connectivity index (χ1) is 7.58. The van der Waals surface area contributed by atoms with Gasteiger partial charge in [-0.25, -0.2) is 4.98 Å². The zero-order valence-corrected chi connectivity index (χ0v) is 12.0. The number of anilines is 1. The highest BCUT2D eigenvalue weighted by atomic mass is 35.5. The van der Waals surface area contributed by atoms with Gasteiger partial charge in [-0.2, -0.15) is 0 Å². The summed E-state index contributed by atoms with van der Waals surface area (Å²) < 4.78 is 0. The van der Waals surface area contributed by atoms with Crippen LogP contribution in [0.5, 0.6) is 0 Å². The summed E-state index contributed by atoms with van der Waals surface area (Å²) in [6.07, 6.45) is 1.09. The summed E-state index contributed by atoms with van der Waals surface area (Å²) in [5.41, 5.74) is 0. The van der Waals surface area contributed by atoms with Gasteiger partial charge in [-0.1, -0.05) is 37.0 Å². The molecule has 0 radical (unpaired) electrons. The number of hydrogen-bond acceptors (Lipinski definition) is 3. The summed E-state index contributed by atoms with van der Waals surface area (Å²) in [6, 6.07) is 1.75. The molecule has 1 aromatic heterocycles. The summed E-state index contributed by atoms with van der Waals surface area (Å²) >= 11 is 13.8. The topological polar surface area (TPSA) is 24.9 Å². The molecule has 16 heavy (non-hydrogen) atoms. The molecule has 0 fully saturated rings. The van der Waals surface area contributed by atoms with Crippen molar-refractivity contribution in [2.75, 3.05) is 11.9 Å². The van der Waals surface area contributed by atoms with Crippen LogP contribution >= 0.6 is 35.0 Å². The molecule has 1 rings (SSSR count). The molecule has 0 aliphatic heterocycles. The van der Waals surface area contributed by atoms with Crippen LogP contribution in [0.2, 0.25) is 10.0 Å². The Hall–Kier alpha value is -0.120. The fraction of sp³-hybridized carbons (Fsp3) is 0.545. The van der Waals surface area contributed by atoms with Gasteiger partial charge in [0, 0.05) is 11.8 Å². The van der Waals surface area contributed by atoms with Gasteiger partial charge < -0.3 is 5.32 Å². The fourth-order valence-corrected chi connectivity index (χ4v) is 2.52. The lowest BCUT2D eigenvalue weighted by Gasteiger charge is -2.12. The number of thioether (sulfide) groups is 1. The molecule has 2 nitrogen and oxygen atoms in total. The third kappa shape index (κ3) is 3.72. The van der Waals surface area contributed by atoms with Crippen molar-refractivity contribution in [1.82, 2.24) is 4.98 Å². The van der Waals surface area contributed by atoms with Crippen molar-refractivity contribution in [1.29, 1.82) is 0 Å². The Bertz CT molecular complexity index is 358. The van der Waals surface area contributed by atoms with Crippen LogP contribution < -0.4 is 5.32 Å². The van der Waals surface area contributed by atoms with E-state index in [1.165, 1.54) is 0 Å². The quantitative estimate of drug-likeness (QED) is 0.790. The van der Waals surface area contributed by atoms with Crippen molar-refractivity contribution in [2.24, 2.45) is 0 Å². The molecule has 0 spiro atoms. The molecule has 1 unspecified atom stereocenters. The van der Waals surface area contributed by atoms with Crippen LogP contribution in [-0.4, -0.2) is 16.8 Å². The number of aromatic nitrogens is 1. The van der Waals surface area contributed by atoms with E-state index >= 15 is 0 Å². The van der Waals surface area contributed by atoms with E-state index in [4.69, 9.17) is 23.2 Å². The van der Waals surface area contributed by atoms with E-state index in [0.717, 1.165) is 18.0 Å². The minimum atomic E-state index is 0.501. The van der Waals surface area contributed by atoms with E-state index < -0.39 is 0 Å². The lowest BCUT2D eigenvalue weighted by atomic mass is 10.4. The molecule has 90 valence electrons. The normalized spacial score (nSPS) is 12.6. The van der Waals surface area contributed by atoms with Crippen molar-refractivity contribution < 1.29 is 0 Å². The van der Waals surface area contributed by atoms with Crippen molar-refractivity contribution in [3.05, 3.63) is 16.1 Å². The summed E-state index contributed by atoms with van der Waals surface area (Å²) in [7, 11) is 0. The summed E-state index contributed by atoms with van der Waals surface area (Å²) in [5, 5.41) is 5.66. The minimum Gasteiger partial charge on any atom is -0.369 e. The van der Waals surface area contributed by atoms with Crippen molar-refractivity contribution >= 4 is 40.8 Å². The Balaban J connectivity index is 2.95. The predicted molar refractivity (Wildman–Crippen MR) is 74.0 cm³/mol. The van der Waals surface area contributed by atoms with Gasteiger partial charge in [0.05, 0.1) is 10.0 Å². The number of hydrogen-bond donors (Lipinski definition) is 1. The summed E-state index contributed by atoms with van der Waals surface area (Å²) in [4.78, 5) is 4.44. The van der Waals surface area contributed by atoms with E-state index in [1.807, 2.05) is 6.92 Å². The maximum Gasteiger partial charge on any atom is 0.146 e. The minimum absolute atomic E-state index is 0.501. The van der Waals surface area contributed by atoms with Crippen LogP contribution in [-0.2, 0) is 0 Å². The highest BCUT2D eigenvalue weighted by molar-refractivity contribution is 7.99. The molecule has 1 atom stereocenters. The van der Waals surface area contributed by atoms with Crippen molar-refractivity contribution in [3.63, 3.8) is 0 Å². The molecule has 1 heterocycles. The molecular formula is C11H16Cl2N2S. The third-order valence-corrected chi connectivity index (χ3v) is 4.09. The van der Waals surface area contributed by atoms with Gasteiger partial charge in [0.2, 0.25) is 0 Å². The molecule has 0 saturated carbocycles. The average Bonchev–Trinajstić information content (AvgIpc) is 2.25. The smallest absolute Gasteiger partial charge is 0.146 e.